The molecule has 13 rings (SSSR count). The van der Waals surface area contributed by atoms with Gasteiger partial charge in [0.05, 0.1) is 119 Å². The van der Waals surface area contributed by atoms with Crippen molar-refractivity contribution >= 4 is 66.9 Å². The van der Waals surface area contributed by atoms with Crippen molar-refractivity contribution in [1.29, 1.82) is 0 Å². The van der Waals surface area contributed by atoms with Crippen LogP contribution in [0.15, 0.2) is 170 Å². The molecule has 8 aromatic carbocycles. The van der Waals surface area contributed by atoms with Gasteiger partial charge < -0.3 is 48.9 Å². The van der Waals surface area contributed by atoms with Gasteiger partial charge in [-0.1, -0.05) is 72.8 Å². The number of rotatable bonds is 12. The van der Waals surface area contributed by atoms with Gasteiger partial charge in [0, 0.05) is 68.8 Å². The van der Waals surface area contributed by atoms with Crippen LogP contribution in [0.2, 0.25) is 0 Å². The summed E-state index contributed by atoms with van der Waals surface area (Å²) < 4.78 is 29.9. The number of ether oxygens (including phenoxy) is 4. The van der Waals surface area contributed by atoms with Gasteiger partial charge in [-0.3, -0.25) is 17.9 Å². The van der Waals surface area contributed by atoms with Crippen molar-refractivity contribution in [2.75, 3.05) is 84.6 Å². The quantitative estimate of drug-likeness (QED) is 0.0849. The number of fused-ring (bicyclic) bond motifs is 20. The summed E-state index contributed by atoms with van der Waals surface area (Å²) in [7, 11) is 25.5. The third-order valence-corrected chi connectivity index (χ3v) is 14.9. The molecular weight excluding hydrogens is 1110 g/mol. The molecule has 0 aliphatic carbocycles. The predicted octanol–water partition coefficient (Wildman–Crippen LogP) is 14.1. The number of nitrogens with zero attached hydrogens (tertiary/aromatic N) is 12. The first-order chi connectivity index (χ1) is 40.1. The minimum atomic E-state index is 0. The van der Waals surface area contributed by atoms with Gasteiger partial charge in [0.2, 0.25) is 0 Å². The summed E-state index contributed by atoms with van der Waals surface area (Å²) in [5.74, 6) is 6.05. The van der Waals surface area contributed by atoms with Gasteiger partial charge >= 0.3 is 19.5 Å². The Labute approximate surface area is 506 Å². The molecule has 0 unspecified atom stereocenters. The first-order valence-corrected chi connectivity index (χ1v) is 27.7. The predicted molar refractivity (Wildman–Crippen MR) is 338 cm³/mol. The van der Waals surface area contributed by atoms with E-state index in [1.807, 2.05) is 146 Å². The van der Waals surface area contributed by atoms with E-state index < -0.39 is 0 Å². The fourth-order valence-electron chi connectivity index (χ4n) is 10.4. The second-order valence-corrected chi connectivity index (χ2v) is 24.6. The topological polar surface area (TPSA) is 142 Å². The average Bonchev–Trinajstić information content (AvgIpc) is 2.06. The fourth-order valence-corrected chi connectivity index (χ4v) is 10.4. The van der Waals surface area contributed by atoms with E-state index in [0.29, 0.717) is 154 Å². The number of hydrogen-bond acceptors (Lipinski definition) is 10. The molecule has 2 aliphatic rings. The van der Waals surface area contributed by atoms with Gasteiger partial charge in [0.25, 0.3) is 0 Å². The number of hydrogen-bond donors (Lipinski definition) is 0. The Kier molecular flexibility index (Phi) is 14.0. The van der Waals surface area contributed by atoms with E-state index in [9.17, 15) is 0 Å². The summed E-state index contributed by atoms with van der Waals surface area (Å²) >= 11 is 0. The van der Waals surface area contributed by atoms with Crippen LogP contribution in [-0.4, -0.2) is 114 Å². The number of aromatic nitrogens is 8. The summed E-state index contributed by atoms with van der Waals surface area (Å²) in [6.07, 6.45) is 0. The van der Waals surface area contributed by atoms with Crippen molar-refractivity contribution in [3.63, 3.8) is 0 Å². The van der Waals surface area contributed by atoms with Gasteiger partial charge in [-0.15, -0.1) is 0 Å². The van der Waals surface area contributed by atoms with E-state index in [-0.39, 0.29) is 19.5 Å². The minimum Gasteiger partial charge on any atom is -0.456 e. The van der Waals surface area contributed by atoms with Crippen molar-refractivity contribution in [3.8, 4) is 91.5 Å². The zero-order chi connectivity index (χ0) is 58.5. The fraction of sp³-hybridized carbons (Fsp3) is 0.176. The Morgan fingerprint density at radius 1 is 0.294 bits per heavy atom. The molecule has 0 saturated heterocycles. The summed E-state index contributed by atoms with van der Waals surface area (Å²) in [5.41, 5.74) is 8.20. The number of benzene rings is 8. The Morgan fingerprint density at radius 2 is 0.576 bits per heavy atom. The summed E-state index contributed by atoms with van der Waals surface area (Å²) in [4.78, 5) is 42.8. The largest absolute Gasteiger partial charge is 2.00 e. The van der Waals surface area contributed by atoms with Crippen LogP contribution in [0, 0.1) is 0 Å². The van der Waals surface area contributed by atoms with Gasteiger partial charge in [0.1, 0.15) is 68.7 Å². The van der Waals surface area contributed by atoms with Crippen LogP contribution < -0.4 is 46.8 Å². The third kappa shape index (κ3) is 10.9. The Morgan fingerprint density at radius 3 is 0.906 bits per heavy atom. The molecule has 0 spiro atoms. The summed E-state index contributed by atoms with van der Waals surface area (Å²) in [5, 5.41) is 2.59. The smallest absolute Gasteiger partial charge is 0.456 e. The average molecular weight is 1180 g/mol. The van der Waals surface area contributed by atoms with Crippen LogP contribution in [0.25, 0.3) is 89.7 Å². The Hall–Kier alpha value is -9.22. The van der Waals surface area contributed by atoms with E-state index in [0.717, 1.165) is 22.7 Å². The molecule has 11 aromatic rings. The van der Waals surface area contributed by atoms with Crippen molar-refractivity contribution in [2.45, 2.75) is 0 Å². The van der Waals surface area contributed by atoms with Crippen molar-refractivity contribution < 1.29 is 38.4 Å². The van der Waals surface area contributed by atoms with Gasteiger partial charge in [-0.2, -0.15) is 0 Å². The number of quaternary nitrogens is 4. The molecule has 8 bridgehead atoms. The zero-order valence-corrected chi connectivity index (χ0v) is 52.8. The van der Waals surface area contributed by atoms with Crippen molar-refractivity contribution in [2.24, 2.45) is 0 Å². The van der Waals surface area contributed by atoms with Gasteiger partial charge in [0.15, 0.2) is 0 Å². The second-order valence-electron chi connectivity index (χ2n) is 24.6. The van der Waals surface area contributed by atoms with Gasteiger partial charge in [-0.25, -0.2) is 9.97 Å². The normalized spacial score (nSPS) is 12.4. The van der Waals surface area contributed by atoms with Crippen molar-refractivity contribution in [1.82, 2.24) is 57.8 Å². The maximum Gasteiger partial charge on any atom is 2.00 e. The third-order valence-electron chi connectivity index (χ3n) is 14.9. The first-order valence-electron chi connectivity index (χ1n) is 27.7. The van der Waals surface area contributed by atoms with Gasteiger partial charge in [-0.05, 0) is 83.6 Å². The zero-order valence-electron chi connectivity index (χ0n) is 49.9. The molecule has 16 nitrogen and oxygen atoms in total. The van der Waals surface area contributed by atoms with Crippen molar-refractivity contribution in [3.05, 3.63) is 170 Å². The molecule has 0 N–H and O–H groups in total. The first kappa shape index (κ1) is 56.3. The maximum absolute atomic E-state index is 6.88. The molecule has 0 fully saturated rings. The molecule has 85 heavy (non-hydrogen) atoms. The molecule has 0 atom stereocenters. The van der Waals surface area contributed by atoms with Crippen LogP contribution in [0.3, 0.4) is 0 Å². The SMILES string of the molecule is C[N+](C)(C)c1cccc(Oc2cccc3c2-c2nc-3nc3[n-]c(nc4nc(nc5[n-]c(n2)c2cccc(Oc6cccc([N+](C)(C)C)c6)c52)-c2cccc(Oc5cccc([N+](C)(C)C)c5)c2-4)c2cccc(Oc4cccc([N+](C)(C)C)c4)c32)c1.[Zn+2]. The van der Waals surface area contributed by atoms with E-state index in [4.69, 9.17) is 58.8 Å². The molecule has 418 valence electrons. The van der Waals surface area contributed by atoms with Crippen LogP contribution in [0.4, 0.5) is 22.7 Å². The molecule has 17 heteroatoms. The molecule has 0 saturated carbocycles. The van der Waals surface area contributed by atoms with E-state index in [2.05, 4.69) is 109 Å². The second kappa shape index (κ2) is 21.1. The summed E-state index contributed by atoms with van der Waals surface area (Å²) in [6.45, 7) is 0. The van der Waals surface area contributed by atoms with E-state index >= 15 is 0 Å². The maximum atomic E-state index is 6.88. The molecule has 0 radical (unpaired) electrons. The molecule has 3 aromatic heterocycles. The molecular formula is C68H64N12O4Zn+4. The van der Waals surface area contributed by atoms with Crippen LogP contribution in [0.5, 0.6) is 46.0 Å². The molecule has 2 aliphatic heterocycles. The Balaban J connectivity index is 0.00000709. The summed E-state index contributed by atoms with van der Waals surface area (Å²) in [6, 6.07) is 55.7. The van der Waals surface area contributed by atoms with Crippen LogP contribution in [0.1, 0.15) is 0 Å². The van der Waals surface area contributed by atoms with E-state index in [1.165, 1.54) is 0 Å². The standard InChI is InChI=1S/C68H64N12O4.Zn/c1-77(2,3)41-21-13-25-45(37-41)81-53-33-17-29-49-57(53)65-69-61(49)74-66-59-51(31-19-35-55(59)83-47-27-15-23-43(39-47)79(7,8)9)63(71-66)76-68-60-52(32-20-36-56(60)84-48-28-16-24-44(40-48)80(10,11)12)64(72-68)75-67-58-50(62(70-67)73-65)30-18-34-54(58)82-46-26-14-22-42(38-46)78(4,5)6;/h13-40H,1-12H3;/q2*+2. The monoisotopic (exact) mass is 1180 g/mol. The van der Waals surface area contributed by atoms with Crippen LogP contribution >= 0.6 is 0 Å². The van der Waals surface area contributed by atoms with E-state index in [1.54, 1.807) is 0 Å². The van der Waals surface area contributed by atoms with Crippen LogP contribution in [-0.2, 0) is 19.5 Å². The Bertz CT molecular complexity index is 4350. The minimum absolute atomic E-state index is 0. The molecule has 0 amide bonds. The molecule has 5 heterocycles.